The first-order valence-corrected chi connectivity index (χ1v) is 11.1. The van der Waals surface area contributed by atoms with Gasteiger partial charge in [-0.25, -0.2) is 0 Å². The third kappa shape index (κ3) is 3.15. The first-order valence-electron chi connectivity index (χ1n) is 11.1. The molecule has 0 radical (unpaired) electrons. The summed E-state index contributed by atoms with van der Waals surface area (Å²) in [6, 6.07) is 16.0. The van der Waals surface area contributed by atoms with E-state index >= 15 is 0 Å². The fourth-order valence-electron chi connectivity index (χ4n) is 5.22. The summed E-state index contributed by atoms with van der Waals surface area (Å²) in [5.41, 5.74) is 6.95. The number of likely N-dealkylation sites (N-methyl/N-ethyl adjacent to an activating group) is 1. The fourth-order valence-corrected chi connectivity index (χ4v) is 5.22. The number of aryl methyl sites for hydroxylation is 2. The van der Waals surface area contributed by atoms with Gasteiger partial charge in [-0.15, -0.1) is 0 Å². The molecule has 0 unspecified atom stereocenters. The van der Waals surface area contributed by atoms with Crippen molar-refractivity contribution in [3.63, 3.8) is 0 Å². The van der Waals surface area contributed by atoms with Crippen molar-refractivity contribution in [3.05, 3.63) is 59.2 Å². The zero-order valence-corrected chi connectivity index (χ0v) is 17.6. The summed E-state index contributed by atoms with van der Waals surface area (Å²) in [6.07, 6.45) is 3.72. The van der Waals surface area contributed by atoms with E-state index in [2.05, 4.69) is 59.3 Å². The van der Waals surface area contributed by atoms with Crippen molar-refractivity contribution in [2.45, 2.75) is 25.8 Å². The lowest BCUT2D eigenvalue weighted by Gasteiger charge is -2.32. The van der Waals surface area contributed by atoms with E-state index in [-0.39, 0.29) is 0 Å². The van der Waals surface area contributed by atoms with Crippen molar-refractivity contribution in [1.82, 2.24) is 9.80 Å². The molecule has 0 amide bonds. The van der Waals surface area contributed by atoms with Gasteiger partial charge in [-0.3, -0.25) is 4.90 Å². The van der Waals surface area contributed by atoms with E-state index in [0.29, 0.717) is 6.79 Å². The van der Waals surface area contributed by atoms with Crippen LogP contribution in [0, 0.1) is 0 Å². The molecule has 1 fully saturated rings. The summed E-state index contributed by atoms with van der Waals surface area (Å²) in [4.78, 5) is 4.95. The summed E-state index contributed by atoms with van der Waals surface area (Å²) >= 11 is 0. The average Bonchev–Trinajstić information content (AvgIpc) is 3.43. The van der Waals surface area contributed by atoms with E-state index in [1.165, 1.54) is 52.3 Å². The minimum Gasteiger partial charge on any atom is -0.454 e. The maximum Gasteiger partial charge on any atom is 0.231 e. The SMILES string of the molecule is CN1CCN(Cc2cc3c(cc2-c2ccc4c5c(ccc4c2)CCC5)OCO3)CC1. The Bertz CT molecular complexity index is 1120. The first-order chi connectivity index (χ1) is 14.7. The molecule has 2 heterocycles. The second kappa shape index (κ2) is 7.29. The van der Waals surface area contributed by atoms with Crippen LogP contribution in [-0.4, -0.2) is 49.8 Å². The molecule has 1 aliphatic carbocycles. The molecular weight excluding hydrogens is 372 g/mol. The lowest BCUT2D eigenvalue weighted by molar-refractivity contribution is 0.148. The highest BCUT2D eigenvalue weighted by Crippen LogP contribution is 2.40. The lowest BCUT2D eigenvalue weighted by Crippen LogP contribution is -2.43. The molecule has 154 valence electrons. The Hall–Kier alpha value is -2.56. The zero-order valence-electron chi connectivity index (χ0n) is 17.6. The van der Waals surface area contributed by atoms with Gasteiger partial charge in [0.25, 0.3) is 0 Å². The monoisotopic (exact) mass is 400 g/mol. The van der Waals surface area contributed by atoms with E-state index in [1.807, 2.05) is 0 Å². The number of hydrogen-bond donors (Lipinski definition) is 0. The van der Waals surface area contributed by atoms with Crippen LogP contribution in [0.1, 0.15) is 23.1 Å². The summed E-state index contributed by atoms with van der Waals surface area (Å²) in [6.45, 7) is 5.73. The molecule has 0 bridgehead atoms. The van der Waals surface area contributed by atoms with Crippen molar-refractivity contribution >= 4 is 10.8 Å². The minimum absolute atomic E-state index is 0.316. The second-order valence-electron chi connectivity index (χ2n) is 8.93. The van der Waals surface area contributed by atoms with Crippen molar-refractivity contribution < 1.29 is 9.47 Å². The molecule has 0 aromatic heterocycles. The Morgan fingerprint density at radius 3 is 2.57 bits per heavy atom. The fraction of sp³-hybridized carbons (Fsp3) is 0.385. The van der Waals surface area contributed by atoms with Gasteiger partial charge in [-0.1, -0.05) is 24.3 Å². The maximum atomic E-state index is 5.73. The van der Waals surface area contributed by atoms with Crippen LogP contribution in [0.2, 0.25) is 0 Å². The van der Waals surface area contributed by atoms with Crippen LogP contribution in [-0.2, 0) is 19.4 Å². The molecule has 6 rings (SSSR count). The van der Waals surface area contributed by atoms with Crippen molar-refractivity contribution in [3.8, 4) is 22.6 Å². The van der Waals surface area contributed by atoms with Crippen LogP contribution in [0.3, 0.4) is 0 Å². The average molecular weight is 401 g/mol. The predicted molar refractivity (Wildman–Crippen MR) is 120 cm³/mol. The Balaban J connectivity index is 1.41. The molecule has 0 saturated carbocycles. The first kappa shape index (κ1) is 18.2. The number of ether oxygens (including phenoxy) is 2. The normalized spacial score (nSPS) is 18.8. The molecule has 1 saturated heterocycles. The van der Waals surface area contributed by atoms with Crippen LogP contribution in [0.4, 0.5) is 0 Å². The molecule has 0 N–H and O–H groups in total. The lowest BCUT2D eigenvalue weighted by atomic mass is 9.93. The van der Waals surface area contributed by atoms with Gasteiger partial charge < -0.3 is 14.4 Å². The van der Waals surface area contributed by atoms with Crippen LogP contribution in [0.25, 0.3) is 21.9 Å². The second-order valence-corrected chi connectivity index (χ2v) is 8.93. The van der Waals surface area contributed by atoms with Crippen LogP contribution < -0.4 is 9.47 Å². The predicted octanol–water partition coefficient (Wildman–Crippen LogP) is 4.47. The molecule has 0 atom stereocenters. The number of nitrogens with zero attached hydrogens (tertiary/aromatic N) is 2. The Morgan fingerprint density at radius 1 is 0.867 bits per heavy atom. The number of fused-ring (bicyclic) bond motifs is 4. The smallest absolute Gasteiger partial charge is 0.231 e. The topological polar surface area (TPSA) is 24.9 Å². The standard InChI is InChI=1S/C26H28N2O2/c1-27-9-11-28(12-10-27)16-21-14-25-26(30-17-29-25)15-24(21)20-7-8-23-19(13-20)6-5-18-3-2-4-22(18)23/h5-8,13-15H,2-4,9-12,16-17H2,1H3. The van der Waals surface area contributed by atoms with Gasteiger partial charge in [-0.2, -0.15) is 0 Å². The van der Waals surface area contributed by atoms with E-state index in [9.17, 15) is 0 Å². The van der Waals surface area contributed by atoms with Gasteiger partial charge in [-0.05, 0) is 83.1 Å². The van der Waals surface area contributed by atoms with Crippen LogP contribution >= 0.6 is 0 Å². The molecule has 0 spiro atoms. The molecule has 3 aliphatic rings. The Labute approximate surface area is 178 Å². The quantitative estimate of drug-likeness (QED) is 0.648. The van der Waals surface area contributed by atoms with Gasteiger partial charge in [0.05, 0.1) is 0 Å². The third-order valence-corrected chi connectivity index (χ3v) is 7.00. The third-order valence-electron chi connectivity index (χ3n) is 7.00. The molecule has 4 heteroatoms. The van der Waals surface area contributed by atoms with E-state index in [0.717, 1.165) is 44.2 Å². The van der Waals surface area contributed by atoms with Crippen LogP contribution in [0.15, 0.2) is 42.5 Å². The van der Waals surface area contributed by atoms with E-state index in [1.54, 1.807) is 5.56 Å². The highest BCUT2D eigenvalue weighted by atomic mass is 16.7. The van der Waals surface area contributed by atoms with E-state index in [4.69, 9.17) is 9.47 Å². The van der Waals surface area contributed by atoms with Crippen molar-refractivity contribution in [2.24, 2.45) is 0 Å². The van der Waals surface area contributed by atoms with Crippen molar-refractivity contribution in [1.29, 1.82) is 0 Å². The largest absolute Gasteiger partial charge is 0.454 e. The van der Waals surface area contributed by atoms with E-state index < -0.39 is 0 Å². The molecule has 3 aromatic rings. The molecular formula is C26H28N2O2. The number of rotatable bonds is 3. The number of hydrogen-bond acceptors (Lipinski definition) is 4. The Kier molecular flexibility index (Phi) is 4.43. The molecule has 3 aromatic carbocycles. The van der Waals surface area contributed by atoms with Gasteiger partial charge in [0.1, 0.15) is 0 Å². The highest BCUT2D eigenvalue weighted by Gasteiger charge is 2.22. The molecule has 30 heavy (non-hydrogen) atoms. The van der Waals surface area contributed by atoms with Gasteiger partial charge in [0.2, 0.25) is 6.79 Å². The summed E-state index contributed by atoms with van der Waals surface area (Å²) in [7, 11) is 2.20. The van der Waals surface area contributed by atoms with Gasteiger partial charge in [0, 0.05) is 32.7 Å². The summed E-state index contributed by atoms with van der Waals surface area (Å²) in [5, 5.41) is 2.77. The van der Waals surface area contributed by atoms with Gasteiger partial charge >= 0.3 is 0 Å². The van der Waals surface area contributed by atoms with Crippen molar-refractivity contribution in [2.75, 3.05) is 40.0 Å². The Morgan fingerprint density at radius 2 is 1.70 bits per heavy atom. The summed E-state index contributed by atoms with van der Waals surface area (Å²) in [5.74, 6) is 1.74. The highest BCUT2D eigenvalue weighted by molar-refractivity contribution is 5.91. The maximum absolute atomic E-state index is 5.73. The minimum atomic E-state index is 0.316. The molecule has 2 aliphatic heterocycles. The van der Waals surface area contributed by atoms with Crippen LogP contribution in [0.5, 0.6) is 11.5 Å². The van der Waals surface area contributed by atoms with Gasteiger partial charge in [0.15, 0.2) is 11.5 Å². The summed E-state index contributed by atoms with van der Waals surface area (Å²) < 4.78 is 11.4. The number of piperazine rings is 1. The molecule has 4 nitrogen and oxygen atoms in total. The number of benzene rings is 3. The zero-order chi connectivity index (χ0) is 20.1.